The normalized spacial score (nSPS) is 10.7. The van der Waals surface area contributed by atoms with E-state index < -0.39 is 0 Å². The fraction of sp³-hybridized carbons (Fsp3) is 0.600. The number of nitrogens with one attached hydrogen (secondary N) is 2. The van der Waals surface area contributed by atoms with E-state index in [2.05, 4.69) is 43.6 Å². The number of allylic oxidation sites excluding steroid dienone is 3. The van der Waals surface area contributed by atoms with Gasteiger partial charge in [0.05, 0.1) is 6.61 Å². The first-order valence-corrected chi connectivity index (χ1v) is 7.32. The quantitative estimate of drug-likeness (QED) is 0.410. The Labute approximate surface area is 127 Å². The van der Waals surface area contributed by atoms with Crippen molar-refractivity contribution in [2.75, 3.05) is 19.7 Å². The summed E-state index contributed by atoms with van der Waals surface area (Å²) in [5, 5.41) is 6.30. The number of carbonyl (C=O) groups excluding carboxylic acids is 1. The molecule has 2 N–H and O–H groups in total. The molecule has 0 rings (SSSR count). The first kappa shape index (κ1) is 18.6. The zero-order chi connectivity index (χ0) is 15.4. The lowest BCUT2D eigenvalue weighted by molar-refractivity contribution is -0.141. The number of hydrogen-bond donors (Lipinski definition) is 2. The second kappa shape index (κ2) is 11.5. The number of carbonyl (C=O) groups is 1. The van der Waals surface area contributed by atoms with Gasteiger partial charge in [-0.25, -0.2) is 0 Å². The van der Waals surface area contributed by atoms with E-state index in [9.17, 15) is 4.79 Å². The molecule has 0 saturated carbocycles. The van der Waals surface area contributed by atoms with E-state index in [0.29, 0.717) is 18.3 Å². The van der Waals surface area contributed by atoms with Crippen LogP contribution in [0.2, 0.25) is 0 Å². The number of hydrogen-bond acceptors (Lipinski definition) is 3. The average molecular weight is 298 g/mol. The third-order valence-electron chi connectivity index (χ3n) is 2.50. The van der Waals surface area contributed by atoms with Gasteiger partial charge in [-0.05, 0) is 52.8 Å². The predicted molar refractivity (Wildman–Crippen MR) is 87.7 cm³/mol. The molecule has 5 heteroatoms. The summed E-state index contributed by atoms with van der Waals surface area (Å²) >= 11 is 5.06. The number of ether oxygens (including phenoxy) is 1. The molecule has 0 spiro atoms. The van der Waals surface area contributed by atoms with Gasteiger partial charge in [-0.15, -0.1) is 0 Å². The van der Waals surface area contributed by atoms with Crippen molar-refractivity contribution < 1.29 is 9.53 Å². The summed E-state index contributed by atoms with van der Waals surface area (Å²) in [7, 11) is 0. The van der Waals surface area contributed by atoms with Crippen molar-refractivity contribution in [3.63, 3.8) is 0 Å². The van der Waals surface area contributed by atoms with Crippen LogP contribution in [0, 0.1) is 0 Å². The lowest BCUT2D eigenvalue weighted by atomic mass is 10.1. The van der Waals surface area contributed by atoms with Crippen LogP contribution in [0.3, 0.4) is 0 Å². The zero-order valence-electron chi connectivity index (χ0n) is 12.9. The molecular formula is C15H26N2O2S. The molecule has 0 radical (unpaired) electrons. The molecule has 0 aliphatic rings. The fourth-order valence-corrected chi connectivity index (χ4v) is 1.59. The molecule has 0 bridgehead atoms. The van der Waals surface area contributed by atoms with Gasteiger partial charge in [0.2, 0.25) is 0 Å². The topological polar surface area (TPSA) is 50.4 Å². The predicted octanol–water partition coefficient (Wildman–Crippen LogP) is 2.71. The highest BCUT2D eigenvalue weighted by Gasteiger charge is 2.01. The highest BCUT2D eigenvalue weighted by molar-refractivity contribution is 7.80. The molecule has 0 aliphatic carbocycles. The van der Waals surface area contributed by atoms with Crippen molar-refractivity contribution in [3.8, 4) is 0 Å². The summed E-state index contributed by atoms with van der Waals surface area (Å²) < 4.78 is 4.79. The van der Waals surface area contributed by atoms with Crippen molar-refractivity contribution in [3.05, 3.63) is 23.3 Å². The minimum atomic E-state index is -0.301. The van der Waals surface area contributed by atoms with Crippen LogP contribution in [-0.4, -0.2) is 30.8 Å². The van der Waals surface area contributed by atoms with Crippen molar-refractivity contribution in [1.82, 2.24) is 10.6 Å². The fourth-order valence-electron chi connectivity index (χ4n) is 1.44. The molecule has 0 aromatic heterocycles. The summed E-state index contributed by atoms with van der Waals surface area (Å²) in [5.41, 5.74) is 2.67. The molecule has 0 saturated heterocycles. The molecule has 0 amide bonds. The van der Waals surface area contributed by atoms with E-state index >= 15 is 0 Å². The third-order valence-corrected chi connectivity index (χ3v) is 2.79. The molecule has 4 nitrogen and oxygen atoms in total. The molecule has 0 aromatic rings. The summed E-state index contributed by atoms with van der Waals surface area (Å²) in [6, 6.07) is 0. The Hall–Kier alpha value is -1.36. The number of esters is 1. The van der Waals surface area contributed by atoms with Crippen LogP contribution in [0.1, 0.15) is 40.5 Å². The molecule has 114 valence electrons. The van der Waals surface area contributed by atoms with Gasteiger partial charge in [0.1, 0.15) is 6.54 Å². The van der Waals surface area contributed by atoms with Crippen LogP contribution in [0.4, 0.5) is 0 Å². The Balaban J connectivity index is 3.78. The Kier molecular flexibility index (Phi) is 10.7. The maximum Gasteiger partial charge on any atom is 0.325 e. The lowest BCUT2D eigenvalue weighted by Crippen LogP contribution is -2.38. The summed E-state index contributed by atoms with van der Waals surface area (Å²) in [4.78, 5) is 11.1. The van der Waals surface area contributed by atoms with Crippen LogP contribution in [-0.2, 0) is 9.53 Å². The minimum absolute atomic E-state index is 0.100. The zero-order valence-corrected chi connectivity index (χ0v) is 13.7. The van der Waals surface area contributed by atoms with E-state index in [0.717, 1.165) is 12.8 Å². The first-order valence-electron chi connectivity index (χ1n) is 6.92. The molecule has 0 heterocycles. The molecule has 0 aromatic carbocycles. The molecule has 0 fully saturated rings. The van der Waals surface area contributed by atoms with Gasteiger partial charge >= 0.3 is 5.97 Å². The Bertz CT molecular complexity index is 372. The van der Waals surface area contributed by atoms with Crippen LogP contribution >= 0.6 is 12.2 Å². The van der Waals surface area contributed by atoms with Gasteiger partial charge in [0, 0.05) is 6.54 Å². The summed E-state index contributed by atoms with van der Waals surface area (Å²) in [6.07, 6.45) is 6.46. The third kappa shape index (κ3) is 11.7. The van der Waals surface area contributed by atoms with Crippen molar-refractivity contribution >= 4 is 23.3 Å². The second-order valence-electron chi connectivity index (χ2n) is 4.74. The van der Waals surface area contributed by atoms with Crippen LogP contribution < -0.4 is 10.6 Å². The number of rotatable bonds is 8. The van der Waals surface area contributed by atoms with E-state index in [-0.39, 0.29) is 12.5 Å². The average Bonchev–Trinajstić information content (AvgIpc) is 2.36. The first-order chi connectivity index (χ1) is 9.45. The second-order valence-corrected chi connectivity index (χ2v) is 5.15. The number of thiocarbonyl (C=S) groups is 1. The van der Waals surface area contributed by atoms with Crippen molar-refractivity contribution in [1.29, 1.82) is 0 Å². The minimum Gasteiger partial charge on any atom is -0.465 e. The maximum absolute atomic E-state index is 11.1. The van der Waals surface area contributed by atoms with Gasteiger partial charge in [-0.3, -0.25) is 4.79 Å². The van der Waals surface area contributed by atoms with E-state index in [4.69, 9.17) is 17.0 Å². The standard InChI is InChI=1S/C15H26N2O2S/c1-5-19-14(18)11-17-15(20)16-10-9-13(4)8-6-7-12(2)3/h7,9H,5-6,8,10-11H2,1-4H3,(H2,16,17,20). The van der Waals surface area contributed by atoms with Gasteiger partial charge in [-0.2, -0.15) is 0 Å². The van der Waals surface area contributed by atoms with Gasteiger partial charge < -0.3 is 15.4 Å². The highest BCUT2D eigenvalue weighted by atomic mass is 32.1. The van der Waals surface area contributed by atoms with E-state index in [1.165, 1.54) is 11.1 Å². The molecule has 0 unspecified atom stereocenters. The molecule has 0 atom stereocenters. The smallest absolute Gasteiger partial charge is 0.325 e. The largest absolute Gasteiger partial charge is 0.465 e. The lowest BCUT2D eigenvalue weighted by Gasteiger charge is -2.08. The van der Waals surface area contributed by atoms with Gasteiger partial charge in [0.25, 0.3) is 0 Å². The molecule has 20 heavy (non-hydrogen) atoms. The van der Waals surface area contributed by atoms with Crippen LogP contribution in [0.5, 0.6) is 0 Å². The van der Waals surface area contributed by atoms with Gasteiger partial charge in [0.15, 0.2) is 5.11 Å². The Morgan fingerprint density at radius 2 is 1.90 bits per heavy atom. The maximum atomic E-state index is 11.1. The summed E-state index contributed by atoms with van der Waals surface area (Å²) in [6.45, 7) is 9.24. The Morgan fingerprint density at radius 3 is 2.50 bits per heavy atom. The van der Waals surface area contributed by atoms with Crippen molar-refractivity contribution in [2.24, 2.45) is 0 Å². The van der Waals surface area contributed by atoms with Gasteiger partial charge in [-0.1, -0.05) is 23.3 Å². The molecule has 0 aliphatic heterocycles. The monoisotopic (exact) mass is 298 g/mol. The van der Waals surface area contributed by atoms with Crippen LogP contribution in [0.25, 0.3) is 0 Å². The van der Waals surface area contributed by atoms with E-state index in [1.807, 2.05) is 0 Å². The van der Waals surface area contributed by atoms with Crippen LogP contribution in [0.15, 0.2) is 23.3 Å². The SMILES string of the molecule is CCOC(=O)CNC(=S)NCC=C(C)CCC=C(C)C. The Morgan fingerprint density at radius 1 is 1.20 bits per heavy atom. The molecular weight excluding hydrogens is 272 g/mol. The summed E-state index contributed by atoms with van der Waals surface area (Å²) in [5.74, 6) is -0.301. The van der Waals surface area contributed by atoms with E-state index in [1.54, 1.807) is 6.92 Å². The highest BCUT2D eigenvalue weighted by Crippen LogP contribution is 2.05. The van der Waals surface area contributed by atoms with Crippen molar-refractivity contribution in [2.45, 2.75) is 40.5 Å².